The molecule has 0 aromatic carbocycles. The predicted molar refractivity (Wildman–Crippen MR) is 82.3 cm³/mol. The predicted octanol–water partition coefficient (Wildman–Crippen LogP) is 2.88. The van der Waals surface area contributed by atoms with Crippen molar-refractivity contribution in [2.45, 2.75) is 45.1 Å². The molecule has 0 bridgehead atoms. The van der Waals surface area contributed by atoms with Gasteiger partial charge in [-0.1, -0.05) is 25.7 Å². The van der Waals surface area contributed by atoms with E-state index in [1.165, 1.54) is 38.5 Å². The highest BCUT2D eigenvalue weighted by Crippen LogP contribution is 2.23. The highest BCUT2D eigenvalue weighted by molar-refractivity contribution is 5.40. The molecule has 0 spiro atoms. The number of rotatable bonds is 6. The lowest BCUT2D eigenvalue weighted by molar-refractivity contribution is 0.186. The monoisotopic (exact) mass is 278 g/mol. The van der Waals surface area contributed by atoms with Crippen molar-refractivity contribution in [3.8, 4) is 0 Å². The van der Waals surface area contributed by atoms with Gasteiger partial charge in [-0.15, -0.1) is 0 Å². The van der Waals surface area contributed by atoms with E-state index < -0.39 is 0 Å². The van der Waals surface area contributed by atoms with Gasteiger partial charge in [-0.05, 0) is 24.8 Å². The fourth-order valence-corrected chi connectivity index (χ4v) is 2.83. The fraction of sp³-hybridized carbons (Fsp3) is 0.688. The summed E-state index contributed by atoms with van der Waals surface area (Å²) in [6.45, 7) is 2.18. The van der Waals surface area contributed by atoms with E-state index in [2.05, 4.69) is 5.32 Å². The van der Waals surface area contributed by atoms with Gasteiger partial charge in [-0.3, -0.25) is 4.79 Å². The molecule has 0 unspecified atom stereocenters. The lowest BCUT2D eigenvalue weighted by atomic mass is 10.0. The van der Waals surface area contributed by atoms with Gasteiger partial charge in [0.05, 0.1) is 12.3 Å². The maximum absolute atomic E-state index is 11.7. The number of hydrogen-bond donors (Lipinski definition) is 1. The van der Waals surface area contributed by atoms with Gasteiger partial charge in [0.2, 0.25) is 0 Å². The molecule has 1 aliphatic carbocycles. The minimum absolute atomic E-state index is 0.0297. The van der Waals surface area contributed by atoms with E-state index in [0.29, 0.717) is 13.2 Å². The van der Waals surface area contributed by atoms with Crippen molar-refractivity contribution >= 4 is 5.69 Å². The highest BCUT2D eigenvalue weighted by atomic mass is 16.5. The smallest absolute Gasteiger partial charge is 0.250 e. The zero-order valence-corrected chi connectivity index (χ0v) is 12.4. The molecule has 0 aliphatic heterocycles. The van der Waals surface area contributed by atoms with Crippen LogP contribution in [0.15, 0.2) is 23.1 Å². The summed E-state index contributed by atoms with van der Waals surface area (Å²) >= 11 is 0. The maximum Gasteiger partial charge on any atom is 0.250 e. The summed E-state index contributed by atoms with van der Waals surface area (Å²) in [7, 11) is 1.65. The Balaban J connectivity index is 1.90. The Morgan fingerprint density at radius 3 is 2.70 bits per heavy atom. The van der Waals surface area contributed by atoms with E-state index in [1.807, 2.05) is 12.3 Å². The van der Waals surface area contributed by atoms with E-state index >= 15 is 0 Å². The molecule has 0 saturated heterocycles. The molecule has 1 fully saturated rings. The third-order valence-corrected chi connectivity index (χ3v) is 4.09. The number of methoxy groups -OCH3 is 1. The fourth-order valence-electron chi connectivity index (χ4n) is 2.83. The highest BCUT2D eigenvalue weighted by Gasteiger charge is 2.11. The molecular weight excluding hydrogens is 252 g/mol. The lowest BCUT2D eigenvalue weighted by Crippen LogP contribution is -2.22. The largest absolute Gasteiger partial charge is 0.384 e. The van der Waals surface area contributed by atoms with Crippen LogP contribution in [0.3, 0.4) is 0 Å². The normalized spacial score (nSPS) is 16.9. The van der Waals surface area contributed by atoms with E-state index in [9.17, 15) is 4.79 Å². The second kappa shape index (κ2) is 8.10. The van der Waals surface area contributed by atoms with E-state index in [1.54, 1.807) is 17.7 Å². The molecule has 20 heavy (non-hydrogen) atoms. The molecule has 1 N–H and O–H groups in total. The Morgan fingerprint density at radius 1 is 1.25 bits per heavy atom. The Bertz CT molecular complexity index is 448. The first-order valence-electron chi connectivity index (χ1n) is 7.73. The average molecular weight is 278 g/mol. The zero-order chi connectivity index (χ0) is 14.2. The first kappa shape index (κ1) is 15.1. The van der Waals surface area contributed by atoms with Crippen LogP contribution in [0.2, 0.25) is 0 Å². The minimum atomic E-state index is 0.0297. The molecule has 0 atom stereocenters. The molecular formula is C16H26N2O2. The topological polar surface area (TPSA) is 43.3 Å². The molecule has 4 nitrogen and oxygen atoms in total. The molecule has 0 radical (unpaired) electrons. The summed E-state index contributed by atoms with van der Waals surface area (Å²) in [6, 6.07) is 3.51. The van der Waals surface area contributed by atoms with Gasteiger partial charge < -0.3 is 14.6 Å². The summed E-state index contributed by atoms with van der Waals surface area (Å²) in [4.78, 5) is 11.7. The van der Waals surface area contributed by atoms with Gasteiger partial charge in [-0.2, -0.15) is 0 Å². The van der Waals surface area contributed by atoms with Crippen molar-refractivity contribution in [2.24, 2.45) is 5.92 Å². The van der Waals surface area contributed by atoms with Crippen LogP contribution in [0.25, 0.3) is 0 Å². The number of ether oxygens (including phenoxy) is 1. The van der Waals surface area contributed by atoms with Crippen molar-refractivity contribution in [3.63, 3.8) is 0 Å². The van der Waals surface area contributed by atoms with Crippen LogP contribution < -0.4 is 10.9 Å². The van der Waals surface area contributed by atoms with Crippen molar-refractivity contribution in [1.29, 1.82) is 0 Å². The van der Waals surface area contributed by atoms with Gasteiger partial charge >= 0.3 is 0 Å². The molecule has 1 heterocycles. The van der Waals surface area contributed by atoms with Crippen LogP contribution in [0.1, 0.15) is 38.5 Å². The number of pyridine rings is 1. The summed E-state index contributed by atoms with van der Waals surface area (Å²) in [5, 5.41) is 3.49. The molecule has 1 aromatic heterocycles. The maximum atomic E-state index is 11.7. The first-order valence-corrected chi connectivity index (χ1v) is 7.73. The van der Waals surface area contributed by atoms with E-state index in [0.717, 1.165) is 18.2 Å². The van der Waals surface area contributed by atoms with Gasteiger partial charge in [0, 0.05) is 32.5 Å². The SMILES string of the molecule is COCCn1cc(NCC2CCCCCC2)ccc1=O. The summed E-state index contributed by atoms with van der Waals surface area (Å²) in [6.07, 6.45) is 10.1. The number of anilines is 1. The average Bonchev–Trinajstić information content (AvgIpc) is 2.73. The number of nitrogens with one attached hydrogen (secondary N) is 1. The standard InChI is InChI=1S/C16H26N2O2/c1-20-11-10-18-13-15(8-9-16(18)19)17-12-14-6-4-2-3-5-7-14/h8-9,13-14,17H,2-7,10-12H2,1H3. The van der Waals surface area contributed by atoms with Crippen molar-refractivity contribution in [3.05, 3.63) is 28.7 Å². The lowest BCUT2D eigenvalue weighted by Gasteiger charge is -2.16. The molecule has 2 rings (SSSR count). The molecule has 1 aliphatic rings. The molecule has 1 aromatic rings. The summed E-state index contributed by atoms with van der Waals surface area (Å²) in [5.41, 5.74) is 1.06. The molecule has 112 valence electrons. The molecule has 1 saturated carbocycles. The minimum Gasteiger partial charge on any atom is -0.384 e. The Kier molecular flexibility index (Phi) is 6.12. The van der Waals surface area contributed by atoms with Gasteiger partial charge in [-0.25, -0.2) is 0 Å². The quantitative estimate of drug-likeness (QED) is 0.814. The zero-order valence-electron chi connectivity index (χ0n) is 12.4. The van der Waals surface area contributed by atoms with Gasteiger partial charge in [0.15, 0.2) is 0 Å². The summed E-state index contributed by atoms with van der Waals surface area (Å²) in [5.74, 6) is 0.775. The number of nitrogens with zero attached hydrogens (tertiary/aromatic N) is 1. The van der Waals surface area contributed by atoms with Crippen molar-refractivity contribution in [2.75, 3.05) is 25.6 Å². The van der Waals surface area contributed by atoms with Crippen LogP contribution in [0.5, 0.6) is 0 Å². The van der Waals surface area contributed by atoms with Crippen molar-refractivity contribution < 1.29 is 4.74 Å². The molecule has 0 amide bonds. The van der Waals surface area contributed by atoms with Crippen LogP contribution in [-0.2, 0) is 11.3 Å². The van der Waals surface area contributed by atoms with Crippen LogP contribution in [0, 0.1) is 5.92 Å². The second-order valence-electron chi connectivity index (χ2n) is 5.68. The Morgan fingerprint density at radius 2 is 2.00 bits per heavy atom. The second-order valence-corrected chi connectivity index (χ2v) is 5.68. The first-order chi connectivity index (χ1) is 9.79. The van der Waals surface area contributed by atoms with Gasteiger partial charge in [0.1, 0.15) is 0 Å². The summed E-state index contributed by atoms with van der Waals surface area (Å²) < 4.78 is 6.74. The van der Waals surface area contributed by atoms with Crippen LogP contribution in [-0.4, -0.2) is 24.8 Å². The van der Waals surface area contributed by atoms with E-state index in [-0.39, 0.29) is 5.56 Å². The Hall–Kier alpha value is -1.29. The number of aromatic nitrogens is 1. The third kappa shape index (κ3) is 4.67. The van der Waals surface area contributed by atoms with E-state index in [4.69, 9.17) is 4.74 Å². The molecule has 4 heteroatoms. The Labute approximate surface area is 121 Å². The van der Waals surface area contributed by atoms with Crippen LogP contribution >= 0.6 is 0 Å². The number of hydrogen-bond acceptors (Lipinski definition) is 3. The van der Waals surface area contributed by atoms with Crippen LogP contribution in [0.4, 0.5) is 5.69 Å². The third-order valence-electron chi connectivity index (χ3n) is 4.09. The van der Waals surface area contributed by atoms with Crippen molar-refractivity contribution in [1.82, 2.24) is 4.57 Å². The van der Waals surface area contributed by atoms with Gasteiger partial charge in [0.25, 0.3) is 5.56 Å².